The van der Waals surface area contributed by atoms with E-state index in [1.54, 1.807) is 0 Å². The molecule has 1 fully saturated rings. The van der Waals surface area contributed by atoms with Crippen molar-refractivity contribution in [1.82, 2.24) is 20.4 Å². The van der Waals surface area contributed by atoms with E-state index < -0.39 is 0 Å². The minimum absolute atomic E-state index is 0.334. The Bertz CT molecular complexity index is 573. The molecule has 0 radical (unpaired) electrons. The van der Waals surface area contributed by atoms with Crippen molar-refractivity contribution in [1.29, 1.82) is 0 Å². The van der Waals surface area contributed by atoms with Gasteiger partial charge < -0.3 is 9.84 Å². The Kier molecular flexibility index (Phi) is 3.29. The highest BCUT2D eigenvalue weighted by Crippen LogP contribution is 2.25. The van der Waals surface area contributed by atoms with Gasteiger partial charge in [-0.05, 0) is 44.4 Å². The number of hydrogen-bond acceptors (Lipinski definition) is 5. The first-order valence-electron chi connectivity index (χ1n) is 6.72. The van der Waals surface area contributed by atoms with Crippen molar-refractivity contribution in [3.63, 3.8) is 0 Å². The molecule has 1 aliphatic rings. The van der Waals surface area contributed by atoms with E-state index in [0.29, 0.717) is 11.7 Å². The molecule has 1 atom stereocenters. The summed E-state index contributed by atoms with van der Waals surface area (Å²) < 4.78 is 5.40. The van der Waals surface area contributed by atoms with Gasteiger partial charge in [-0.1, -0.05) is 11.2 Å². The first-order valence-corrected chi connectivity index (χ1v) is 6.72. The Morgan fingerprint density at radius 3 is 3.00 bits per heavy atom. The molecule has 0 bridgehead atoms. The summed E-state index contributed by atoms with van der Waals surface area (Å²) >= 11 is 0. The SMILES string of the molecule is Cc1cnc(-c2noc([C@@H]3CCCNC3)n2)c(C)c1. The molecule has 0 amide bonds. The van der Waals surface area contributed by atoms with Gasteiger partial charge in [-0.3, -0.25) is 4.98 Å². The van der Waals surface area contributed by atoms with Crippen molar-refractivity contribution in [2.45, 2.75) is 32.6 Å². The first kappa shape index (κ1) is 12.3. The quantitative estimate of drug-likeness (QED) is 0.894. The highest BCUT2D eigenvalue weighted by Gasteiger charge is 2.22. The third-order valence-electron chi connectivity index (χ3n) is 3.51. The molecule has 0 saturated carbocycles. The van der Waals surface area contributed by atoms with Crippen LogP contribution in [0.25, 0.3) is 11.5 Å². The summed E-state index contributed by atoms with van der Waals surface area (Å²) in [5.74, 6) is 1.66. The van der Waals surface area contributed by atoms with Crippen LogP contribution in [0, 0.1) is 13.8 Å². The molecule has 2 aromatic rings. The summed E-state index contributed by atoms with van der Waals surface area (Å²) in [5.41, 5.74) is 3.03. The summed E-state index contributed by atoms with van der Waals surface area (Å²) in [6.07, 6.45) is 4.10. The zero-order valence-corrected chi connectivity index (χ0v) is 11.3. The van der Waals surface area contributed by atoms with Crippen LogP contribution in [0.5, 0.6) is 0 Å². The third kappa shape index (κ3) is 2.51. The van der Waals surface area contributed by atoms with Gasteiger partial charge in [0.1, 0.15) is 5.69 Å². The van der Waals surface area contributed by atoms with Crippen LogP contribution in [-0.2, 0) is 0 Å². The number of pyridine rings is 1. The predicted molar refractivity (Wildman–Crippen MR) is 71.8 cm³/mol. The normalized spacial score (nSPS) is 19.6. The molecule has 1 saturated heterocycles. The number of rotatable bonds is 2. The van der Waals surface area contributed by atoms with Crippen LogP contribution in [0.4, 0.5) is 0 Å². The minimum atomic E-state index is 0.334. The highest BCUT2D eigenvalue weighted by atomic mass is 16.5. The second-order valence-electron chi connectivity index (χ2n) is 5.18. The molecule has 0 aliphatic carbocycles. The fourth-order valence-corrected chi connectivity index (χ4v) is 2.51. The van der Waals surface area contributed by atoms with Gasteiger partial charge in [0.2, 0.25) is 11.7 Å². The molecular formula is C14H18N4O. The van der Waals surface area contributed by atoms with Gasteiger partial charge in [-0.2, -0.15) is 4.98 Å². The molecule has 5 heteroatoms. The number of nitrogens with zero attached hydrogens (tertiary/aromatic N) is 3. The number of nitrogens with one attached hydrogen (secondary N) is 1. The smallest absolute Gasteiger partial charge is 0.231 e. The van der Waals surface area contributed by atoms with Crippen LogP contribution in [0.2, 0.25) is 0 Å². The van der Waals surface area contributed by atoms with Crippen LogP contribution in [0.15, 0.2) is 16.8 Å². The zero-order valence-electron chi connectivity index (χ0n) is 11.3. The van der Waals surface area contributed by atoms with Crippen molar-refractivity contribution >= 4 is 0 Å². The Balaban J connectivity index is 1.87. The van der Waals surface area contributed by atoms with Crippen LogP contribution >= 0.6 is 0 Å². The summed E-state index contributed by atoms with van der Waals surface area (Å²) in [5, 5.41) is 7.43. The van der Waals surface area contributed by atoms with Crippen molar-refractivity contribution in [3.8, 4) is 11.5 Å². The van der Waals surface area contributed by atoms with E-state index in [-0.39, 0.29) is 0 Å². The van der Waals surface area contributed by atoms with Crippen LogP contribution in [0.1, 0.15) is 35.8 Å². The van der Waals surface area contributed by atoms with E-state index in [2.05, 4.69) is 26.5 Å². The molecular weight excluding hydrogens is 240 g/mol. The highest BCUT2D eigenvalue weighted by molar-refractivity contribution is 5.54. The van der Waals surface area contributed by atoms with Gasteiger partial charge in [0, 0.05) is 12.7 Å². The third-order valence-corrected chi connectivity index (χ3v) is 3.51. The molecule has 1 aliphatic heterocycles. The maximum Gasteiger partial charge on any atom is 0.231 e. The van der Waals surface area contributed by atoms with E-state index in [9.17, 15) is 0 Å². The number of aryl methyl sites for hydroxylation is 2. The van der Waals surface area contributed by atoms with Gasteiger partial charge >= 0.3 is 0 Å². The van der Waals surface area contributed by atoms with Crippen LogP contribution < -0.4 is 5.32 Å². The van der Waals surface area contributed by atoms with Gasteiger partial charge in [0.15, 0.2) is 0 Å². The van der Waals surface area contributed by atoms with Gasteiger partial charge in [0.05, 0.1) is 5.92 Å². The molecule has 5 nitrogen and oxygen atoms in total. The lowest BCUT2D eigenvalue weighted by molar-refractivity contribution is 0.322. The number of hydrogen-bond donors (Lipinski definition) is 1. The Morgan fingerprint density at radius 1 is 1.37 bits per heavy atom. The summed E-state index contributed by atoms with van der Waals surface area (Å²) in [6.45, 7) is 6.05. The van der Waals surface area contributed by atoms with Crippen molar-refractivity contribution in [2.24, 2.45) is 0 Å². The maximum atomic E-state index is 5.40. The fourth-order valence-electron chi connectivity index (χ4n) is 2.51. The van der Waals surface area contributed by atoms with Gasteiger partial charge in [-0.25, -0.2) is 0 Å². The van der Waals surface area contributed by atoms with Crippen molar-refractivity contribution < 1.29 is 4.52 Å². The number of aromatic nitrogens is 3. The van der Waals surface area contributed by atoms with Crippen molar-refractivity contribution in [3.05, 3.63) is 29.3 Å². The van der Waals surface area contributed by atoms with Gasteiger partial charge in [0.25, 0.3) is 0 Å². The van der Waals surface area contributed by atoms with E-state index in [1.165, 1.54) is 0 Å². The second kappa shape index (κ2) is 5.09. The zero-order chi connectivity index (χ0) is 13.2. The topological polar surface area (TPSA) is 63.8 Å². The average molecular weight is 258 g/mol. The molecule has 3 rings (SSSR count). The average Bonchev–Trinajstić information content (AvgIpc) is 2.89. The van der Waals surface area contributed by atoms with E-state index in [0.717, 1.165) is 48.6 Å². The molecule has 2 aromatic heterocycles. The largest absolute Gasteiger partial charge is 0.339 e. The molecule has 100 valence electrons. The molecule has 1 N–H and O–H groups in total. The lowest BCUT2D eigenvalue weighted by Gasteiger charge is -2.18. The van der Waals surface area contributed by atoms with Crippen LogP contribution in [-0.4, -0.2) is 28.2 Å². The van der Waals surface area contributed by atoms with E-state index in [1.807, 2.05) is 20.0 Å². The minimum Gasteiger partial charge on any atom is -0.339 e. The Labute approximate surface area is 112 Å². The van der Waals surface area contributed by atoms with Gasteiger partial charge in [-0.15, -0.1) is 0 Å². The Hall–Kier alpha value is -1.75. The van der Waals surface area contributed by atoms with E-state index in [4.69, 9.17) is 4.52 Å². The second-order valence-corrected chi connectivity index (χ2v) is 5.18. The summed E-state index contributed by atoms with van der Waals surface area (Å²) in [4.78, 5) is 8.92. The van der Waals surface area contributed by atoms with Crippen LogP contribution in [0.3, 0.4) is 0 Å². The molecule has 19 heavy (non-hydrogen) atoms. The van der Waals surface area contributed by atoms with Crippen molar-refractivity contribution in [2.75, 3.05) is 13.1 Å². The summed E-state index contributed by atoms with van der Waals surface area (Å²) in [7, 11) is 0. The molecule has 0 unspecified atom stereocenters. The monoisotopic (exact) mass is 258 g/mol. The summed E-state index contributed by atoms with van der Waals surface area (Å²) in [6, 6.07) is 2.08. The number of piperidine rings is 1. The molecule has 3 heterocycles. The lowest BCUT2D eigenvalue weighted by atomic mass is 10.00. The molecule has 0 aromatic carbocycles. The Morgan fingerprint density at radius 2 is 2.26 bits per heavy atom. The lowest BCUT2D eigenvalue weighted by Crippen LogP contribution is -2.28. The molecule has 0 spiro atoms. The first-order chi connectivity index (χ1) is 9.24. The predicted octanol–water partition coefficient (Wildman–Crippen LogP) is 2.22. The maximum absolute atomic E-state index is 5.40. The standard InChI is InChI=1S/C14H18N4O/c1-9-6-10(2)12(16-7-9)13-17-14(19-18-13)11-4-3-5-15-8-11/h6-7,11,15H,3-5,8H2,1-2H3/t11-/m1/s1. The fraction of sp³-hybridized carbons (Fsp3) is 0.500. The van der Waals surface area contributed by atoms with E-state index >= 15 is 0 Å².